The molecule has 0 aromatic rings. The van der Waals surface area contributed by atoms with Crippen LogP contribution in [0.4, 0.5) is 0 Å². The van der Waals surface area contributed by atoms with Crippen molar-refractivity contribution >= 4 is 8.25 Å². The van der Waals surface area contributed by atoms with Gasteiger partial charge < -0.3 is 15.1 Å². The van der Waals surface area contributed by atoms with Crippen LogP contribution in [0.2, 0.25) is 0 Å². The van der Waals surface area contributed by atoms with Crippen molar-refractivity contribution in [3.05, 3.63) is 0 Å². The van der Waals surface area contributed by atoms with Gasteiger partial charge in [0.2, 0.25) is 0 Å². The van der Waals surface area contributed by atoms with Gasteiger partial charge in [0.05, 0.1) is 6.61 Å². The Balaban J connectivity index is 0. The Morgan fingerprint density at radius 2 is 1.92 bits per heavy atom. The van der Waals surface area contributed by atoms with Gasteiger partial charge in [-0.2, -0.15) is 0 Å². The minimum atomic E-state index is -2.91. The highest BCUT2D eigenvalue weighted by molar-refractivity contribution is 7.30. The van der Waals surface area contributed by atoms with E-state index in [4.69, 9.17) is 10.2 Å². The van der Waals surface area contributed by atoms with Gasteiger partial charge in [-0.1, -0.05) is 26.7 Å². The summed E-state index contributed by atoms with van der Waals surface area (Å²) in [6, 6.07) is 0. The first-order valence-electron chi connectivity index (χ1n) is 4.14. The fourth-order valence-corrected chi connectivity index (χ4v) is 0.493. The van der Waals surface area contributed by atoms with Crippen LogP contribution in [0.1, 0.15) is 26.7 Å². The van der Waals surface area contributed by atoms with E-state index in [-0.39, 0.29) is 6.61 Å². The molecule has 0 aromatic heterocycles. The molecular weight excluding hydrogens is 195 g/mol. The van der Waals surface area contributed by atoms with Crippen LogP contribution in [0.15, 0.2) is 0 Å². The molecule has 2 atom stereocenters. The van der Waals surface area contributed by atoms with Crippen molar-refractivity contribution in [2.24, 2.45) is 0 Å². The highest BCUT2D eigenvalue weighted by atomic mass is 31.1. The molecule has 0 radical (unpaired) electrons. The summed E-state index contributed by atoms with van der Waals surface area (Å²) in [4.78, 5) is 9.64. The summed E-state index contributed by atoms with van der Waals surface area (Å²) < 4.78 is 13.6. The summed E-state index contributed by atoms with van der Waals surface area (Å²) in [5.74, 6) is 0. The molecule has 0 aliphatic rings. The number of aliphatic hydroxyl groups is 2. The second-order valence-corrected chi connectivity index (χ2v) is 3.06. The standard InChI is InChI=1S/C4H10.C3H7O5P/c1-3-4-2;4-1-3(5)2-8-9(6)7/h3-4H2,1-2H3;3-5H,1-2H2. The van der Waals surface area contributed by atoms with E-state index in [0.29, 0.717) is 0 Å². The smallest absolute Gasteiger partial charge is 0.488 e. The van der Waals surface area contributed by atoms with Crippen LogP contribution in [0.5, 0.6) is 0 Å². The number of hydrogen-bond donors (Lipinski definition) is 2. The molecule has 6 heteroatoms. The quantitative estimate of drug-likeness (QED) is 0.634. The Bertz CT molecular complexity index is 117. The lowest BCUT2D eigenvalue weighted by Crippen LogP contribution is -2.18. The number of rotatable bonds is 5. The van der Waals surface area contributed by atoms with E-state index < -0.39 is 21.0 Å². The molecule has 0 rings (SSSR count). The van der Waals surface area contributed by atoms with E-state index in [1.807, 2.05) is 0 Å². The highest BCUT2D eigenvalue weighted by Crippen LogP contribution is 2.08. The predicted molar refractivity (Wildman–Crippen MR) is 47.2 cm³/mol. The first kappa shape index (κ1) is 15.4. The normalized spacial score (nSPS) is 12.8. The highest BCUT2D eigenvalue weighted by Gasteiger charge is 2.07. The molecule has 80 valence electrons. The predicted octanol–water partition coefficient (Wildman–Crippen LogP) is 0.180. The van der Waals surface area contributed by atoms with Crippen molar-refractivity contribution in [1.82, 2.24) is 0 Å². The molecule has 2 N–H and O–H groups in total. The Kier molecular flexibility index (Phi) is 14.2. The van der Waals surface area contributed by atoms with Crippen molar-refractivity contribution in [3.63, 3.8) is 0 Å². The average molecular weight is 212 g/mol. The third-order valence-electron chi connectivity index (χ3n) is 1.08. The fourth-order valence-electron chi connectivity index (χ4n) is 0.200. The van der Waals surface area contributed by atoms with E-state index in [0.717, 1.165) is 0 Å². The van der Waals surface area contributed by atoms with E-state index in [1.165, 1.54) is 12.8 Å². The van der Waals surface area contributed by atoms with E-state index >= 15 is 0 Å². The van der Waals surface area contributed by atoms with Crippen LogP contribution in [-0.2, 0) is 9.09 Å². The lowest BCUT2D eigenvalue weighted by molar-refractivity contribution is -0.187. The summed E-state index contributed by atoms with van der Waals surface area (Å²) in [7, 11) is -2.91. The third-order valence-corrected chi connectivity index (χ3v) is 1.44. The maximum Gasteiger partial charge on any atom is 0.488 e. The fraction of sp³-hybridized carbons (Fsp3) is 1.00. The largest absolute Gasteiger partial charge is 0.566 e. The Morgan fingerprint density at radius 3 is 2.15 bits per heavy atom. The molecule has 0 saturated carbocycles. The molecule has 5 nitrogen and oxygen atoms in total. The second kappa shape index (κ2) is 11.9. The molecule has 0 heterocycles. The van der Waals surface area contributed by atoms with Crippen molar-refractivity contribution in [3.8, 4) is 0 Å². The lowest BCUT2D eigenvalue weighted by atomic mass is 10.4. The van der Waals surface area contributed by atoms with Gasteiger partial charge in [0.25, 0.3) is 0 Å². The van der Waals surface area contributed by atoms with E-state index in [1.54, 1.807) is 0 Å². The van der Waals surface area contributed by atoms with Crippen molar-refractivity contribution in [1.29, 1.82) is 0 Å². The molecule has 0 bridgehead atoms. The van der Waals surface area contributed by atoms with E-state index in [2.05, 4.69) is 18.4 Å². The number of aliphatic hydroxyl groups excluding tert-OH is 2. The lowest BCUT2D eigenvalue weighted by Gasteiger charge is -1.99. The zero-order chi connectivity index (χ0) is 10.7. The summed E-state index contributed by atoms with van der Waals surface area (Å²) in [5, 5.41) is 16.6. The number of unbranched alkanes of at least 4 members (excludes halogenated alkanes) is 1. The van der Waals surface area contributed by atoms with Crippen LogP contribution in [0, 0.1) is 0 Å². The molecule has 0 aliphatic carbocycles. The molecule has 0 amide bonds. The van der Waals surface area contributed by atoms with Crippen molar-refractivity contribution < 1.29 is 24.2 Å². The molecule has 13 heavy (non-hydrogen) atoms. The topological polar surface area (TPSA) is 89.8 Å². The van der Waals surface area contributed by atoms with Gasteiger partial charge in [-0.05, 0) is 4.57 Å². The van der Waals surface area contributed by atoms with Crippen LogP contribution in [0.25, 0.3) is 0 Å². The molecule has 0 saturated heterocycles. The van der Waals surface area contributed by atoms with Crippen LogP contribution in [0.3, 0.4) is 0 Å². The van der Waals surface area contributed by atoms with Crippen LogP contribution < -0.4 is 4.89 Å². The van der Waals surface area contributed by atoms with Gasteiger partial charge >= 0.3 is 8.25 Å². The molecule has 0 aliphatic heterocycles. The minimum Gasteiger partial charge on any atom is -0.566 e. The zero-order valence-electron chi connectivity index (χ0n) is 7.97. The maximum absolute atomic E-state index is 9.64. The van der Waals surface area contributed by atoms with Crippen LogP contribution in [-0.4, -0.2) is 29.5 Å². The third kappa shape index (κ3) is 18.7. The first-order valence-corrected chi connectivity index (χ1v) is 5.24. The monoisotopic (exact) mass is 212 g/mol. The minimum absolute atomic E-state index is 0.380. The SMILES string of the molecule is CCCC.O=[P+]([O-])OCC(O)CO. The number of hydrogen-bond acceptors (Lipinski definition) is 5. The Labute approximate surface area is 79.3 Å². The Morgan fingerprint density at radius 1 is 1.46 bits per heavy atom. The molecule has 0 spiro atoms. The maximum atomic E-state index is 9.64. The first-order chi connectivity index (χ1) is 6.08. The summed E-state index contributed by atoms with van der Waals surface area (Å²) in [6.07, 6.45) is 1.53. The summed E-state index contributed by atoms with van der Waals surface area (Å²) in [5.41, 5.74) is 0. The van der Waals surface area contributed by atoms with Crippen molar-refractivity contribution in [2.75, 3.05) is 13.2 Å². The zero-order valence-corrected chi connectivity index (χ0v) is 8.87. The van der Waals surface area contributed by atoms with Crippen molar-refractivity contribution in [2.45, 2.75) is 32.8 Å². The molecular formula is C7H17O5P. The molecule has 2 unspecified atom stereocenters. The van der Waals surface area contributed by atoms with Gasteiger partial charge in [0.15, 0.2) is 0 Å². The van der Waals surface area contributed by atoms with Crippen LogP contribution >= 0.6 is 8.25 Å². The van der Waals surface area contributed by atoms with Gasteiger partial charge in [0, 0.05) is 0 Å². The average Bonchev–Trinajstić information content (AvgIpc) is 2.14. The van der Waals surface area contributed by atoms with E-state index in [9.17, 15) is 9.46 Å². The second-order valence-electron chi connectivity index (χ2n) is 2.36. The van der Waals surface area contributed by atoms with Gasteiger partial charge in [0.1, 0.15) is 12.7 Å². The summed E-state index contributed by atoms with van der Waals surface area (Å²) in [6.45, 7) is 3.48. The van der Waals surface area contributed by atoms with Gasteiger partial charge in [-0.3, -0.25) is 0 Å². The molecule has 0 aromatic carbocycles. The van der Waals surface area contributed by atoms with Gasteiger partial charge in [-0.15, -0.1) is 4.52 Å². The van der Waals surface area contributed by atoms with Gasteiger partial charge in [-0.25, -0.2) is 0 Å². The summed E-state index contributed by atoms with van der Waals surface area (Å²) >= 11 is 0. The molecule has 0 fully saturated rings. The Hall–Kier alpha value is -0.0600.